The summed E-state index contributed by atoms with van der Waals surface area (Å²) in [7, 11) is 4.44. The Kier molecular flexibility index (Phi) is 4.35. The first kappa shape index (κ1) is 12.3. The van der Waals surface area contributed by atoms with E-state index in [0.717, 1.165) is 0 Å². The zero-order chi connectivity index (χ0) is 11.4. The topological polar surface area (TPSA) is 44.8 Å². The first-order valence-corrected chi connectivity index (χ1v) is 5.28. The molecule has 0 saturated heterocycles. The number of halogens is 1. The molecule has 4 nitrogen and oxygen atoms in total. The van der Waals surface area contributed by atoms with Crippen molar-refractivity contribution in [3.8, 4) is 0 Å². The van der Waals surface area contributed by atoms with Crippen LogP contribution < -0.4 is 0 Å². The van der Waals surface area contributed by atoms with Crippen LogP contribution >= 0.6 is 15.9 Å². The van der Waals surface area contributed by atoms with Gasteiger partial charge in [0, 0.05) is 7.11 Å². The molecular formula is C10H13BrO4. The van der Waals surface area contributed by atoms with Gasteiger partial charge in [-0.15, -0.1) is 0 Å². The monoisotopic (exact) mass is 276 g/mol. The van der Waals surface area contributed by atoms with Crippen LogP contribution in [0.1, 0.15) is 0 Å². The van der Waals surface area contributed by atoms with Crippen molar-refractivity contribution in [1.82, 2.24) is 0 Å². The third kappa shape index (κ3) is 2.60. The average Bonchev–Trinajstić information content (AvgIpc) is 2.27. The second kappa shape index (κ2) is 5.32. The normalized spacial score (nSPS) is 25.3. The highest BCUT2D eigenvalue weighted by atomic mass is 79.9. The fraction of sp³-hybridized carbons (Fsp3) is 0.500. The maximum atomic E-state index is 11.4. The van der Waals surface area contributed by atoms with Crippen molar-refractivity contribution in [3.63, 3.8) is 0 Å². The van der Waals surface area contributed by atoms with E-state index in [0.29, 0.717) is 11.3 Å². The number of methoxy groups -OCH3 is 3. The molecule has 0 aromatic rings. The van der Waals surface area contributed by atoms with Crippen LogP contribution in [0.2, 0.25) is 0 Å². The second-order valence-electron chi connectivity index (χ2n) is 2.95. The molecule has 1 aliphatic carbocycles. The number of ether oxygens (including phenoxy) is 3. The molecule has 1 rings (SSSR count). The molecule has 2 unspecified atom stereocenters. The largest absolute Gasteiger partial charge is 0.496 e. The molecule has 0 amide bonds. The maximum absolute atomic E-state index is 11.4. The van der Waals surface area contributed by atoms with Crippen molar-refractivity contribution in [3.05, 3.63) is 23.5 Å². The third-order valence-electron chi connectivity index (χ3n) is 2.12. The average molecular weight is 277 g/mol. The maximum Gasteiger partial charge on any atom is 0.341 e. The lowest BCUT2D eigenvalue weighted by Crippen LogP contribution is -2.26. The second-order valence-corrected chi connectivity index (χ2v) is 4.01. The molecule has 0 bridgehead atoms. The molecule has 0 aliphatic heterocycles. The standard InChI is InChI=1S/C10H13BrO4/c1-13-8-5-9(14-2)7(11)4-6(8)10(12)15-3/h4-5,7,9H,1-3H3. The highest BCUT2D eigenvalue weighted by Crippen LogP contribution is 2.26. The summed E-state index contributed by atoms with van der Waals surface area (Å²) in [6.07, 6.45) is 3.32. The van der Waals surface area contributed by atoms with E-state index >= 15 is 0 Å². The molecule has 15 heavy (non-hydrogen) atoms. The SMILES string of the molecule is COC(=O)C1=CC(Br)C(OC)C=C1OC. The van der Waals surface area contributed by atoms with E-state index in [9.17, 15) is 4.79 Å². The molecule has 5 heteroatoms. The van der Waals surface area contributed by atoms with Gasteiger partial charge < -0.3 is 14.2 Å². The number of carbonyl (C=O) groups excluding carboxylic acids is 1. The van der Waals surface area contributed by atoms with Gasteiger partial charge >= 0.3 is 5.97 Å². The van der Waals surface area contributed by atoms with E-state index in [1.54, 1.807) is 19.3 Å². The van der Waals surface area contributed by atoms with Crippen molar-refractivity contribution >= 4 is 21.9 Å². The first-order chi connectivity index (χ1) is 7.13. The minimum absolute atomic E-state index is 0.0597. The fourth-order valence-corrected chi connectivity index (χ4v) is 1.95. The molecule has 0 radical (unpaired) electrons. The molecular weight excluding hydrogens is 264 g/mol. The lowest BCUT2D eigenvalue weighted by molar-refractivity contribution is -0.136. The van der Waals surface area contributed by atoms with E-state index < -0.39 is 5.97 Å². The Balaban J connectivity index is 2.97. The quantitative estimate of drug-likeness (QED) is 0.578. The van der Waals surface area contributed by atoms with E-state index in [1.807, 2.05) is 0 Å². The molecule has 0 spiro atoms. The Labute approximate surface area is 97.0 Å². The highest BCUT2D eigenvalue weighted by molar-refractivity contribution is 9.09. The number of hydrogen-bond donors (Lipinski definition) is 0. The summed E-state index contributed by atoms with van der Waals surface area (Å²) in [5.41, 5.74) is 0.412. The minimum atomic E-state index is -0.415. The van der Waals surface area contributed by atoms with Crippen LogP contribution in [0.3, 0.4) is 0 Å². The van der Waals surface area contributed by atoms with Gasteiger partial charge in [0.1, 0.15) is 5.76 Å². The Morgan fingerprint density at radius 1 is 1.33 bits per heavy atom. The number of rotatable bonds is 3. The van der Waals surface area contributed by atoms with E-state index in [1.165, 1.54) is 14.2 Å². The molecule has 0 fully saturated rings. The van der Waals surface area contributed by atoms with Crippen LogP contribution in [0.5, 0.6) is 0 Å². The molecule has 0 heterocycles. The summed E-state index contributed by atoms with van der Waals surface area (Å²) in [6.45, 7) is 0. The zero-order valence-corrected chi connectivity index (χ0v) is 10.4. The minimum Gasteiger partial charge on any atom is -0.496 e. The first-order valence-electron chi connectivity index (χ1n) is 4.37. The van der Waals surface area contributed by atoms with Gasteiger partial charge in [-0.1, -0.05) is 15.9 Å². The van der Waals surface area contributed by atoms with Crippen LogP contribution in [0.25, 0.3) is 0 Å². The summed E-state index contributed by atoms with van der Waals surface area (Å²) in [5, 5.41) is 0. The van der Waals surface area contributed by atoms with E-state index in [-0.39, 0.29) is 10.9 Å². The predicted octanol–water partition coefficient (Wildman–Crippen LogP) is 1.41. The summed E-state index contributed by atoms with van der Waals surface area (Å²) < 4.78 is 14.9. The van der Waals surface area contributed by atoms with Crippen molar-refractivity contribution < 1.29 is 19.0 Å². The van der Waals surface area contributed by atoms with Crippen LogP contribution in [0, 0.1) is 0 Å². The predicted molar refractivity (Wildman–Crippen MR) is 58.7 cm³/mol. The number of hydrogen-bond acceptors (Lipinski definition) is 4. The van der Waals surface area contributed by atoms with Crippen LogP contribution in [-0.4, -0.2) is 38.2 Å². The lowest BCUT2D eigenvalue weighted by atomic mass is 10.0. The van der Waals surface area contributed by atoms with Crippen LogP contribution in [0.15, 0.2) is 23.5 Å². The third-order valence-corrected chi connectivity index (χ3v) is 2.90. The summed E-state index contributed by atoms with van der Waals surface area (Å²) >= 11 is 3.40. The van der Waals surface area contributed by atoms with Crippen LogP contribution in [0.4, 0.5) is 0 Å². The molecule has 0 aromatic carbocycles. The van der Waals surface area contributed by atoms with Gasteiger partial charge in [0.15, 0.2) is 0 Å². The van der Waals surface area contributed by atoms with Gasteiger partial charge in [-0.25, -0.2) is 4.79 Å². The van der Waals surface area contributed by atoms with Crippen molar-refractivity contribution in [1.29, 1.82) is 0 Å². The molecule has 0 saturated carbocycles. The summed E-state index contributed by atoms with van der Waals surface area (Å²) in [6, 6.07) is 0. The molecule has 0 aromatic heterocycles. The Bertz CT molecular complexity index is 309. The number of alkyl halides is 1. The molecule has 1 aliphatic rings. The van der Waals surface area contributed by atoms with Gasteiger partial charge in [-0.2, -0.15) is 0 Å². The highest BCUT2D eigenvalue weighted by Gasteiger charge is 2.27. The van der Waals surface area contributed by atoms with Crippen LogP contribution in [-0.2, 0) is 19.0 Å². The zero-order valence-electron chi connectivity index (χ0n) is 8.82. The Morgan fingerprint density at radius 3 is 2.47 bits per heavy atom. The van der Waals surface area contributed by atoms with Crippen molar-refractivity contribution in [2.24, 2.45) is 0 Å². The van der Waals surface area contributed by atoms with Gasteiger partial charge in [0.05, 0.1) is 30.7 Å². The Hall–Kier alpha value is -0.810. The van der Waals surface area contributed by atoms with E-state index in [4.69, 9.17) is 9.47 Å². The fourth-order valence-electron chi connectivity index (χ4n) is 1.32. The molecule has 2 atom stereocenters. The van der Waals surface area contributed by atoms with Crippen molar-refractivity contribution in [2.75, 3.05) is 21.3 Å². The number of esters is 1. The lowest BCUT2D eigenvalue weighted by Gasteiger charge is -2.22. The summed E-state index contributed by atoms with van der Waals surface area (Å²) in [5.74, 6) is 0.0616. The Morgan fingerprint density at radius 2 is 2.00 bits per heavy atom. The molecule has 0 N–H and O–H groups in total. The van der Waals surface area contributed by atoms with Gasteiger partial charge in [-0.05, 0) is 12.2 Å². The molecule has 84 valence electrons. The summed E-state index contributed by atoms with van der Waals surface area (Å²) in [4.78, 5) is 11.3. The van der Waals surface area contributed by atoms with Gasteiger partial charge in [0.25, 0.3) is 0 Å². The van der Waals surface area contributed by atoms with Gasteiger partial charge in [-0.3, -0.25) is 0 Å². The number of carbonyl (C=O) groups is 1. The van der Waals surface area contributed by atoms with Crippen molar-refractivity contribution in [2.45, 2.75) is 10.9 Å². The smallest absolute Gasteiger partial charge is 0.341 e. The van der Waals surface area contributed by atoms with E-state index in [2.05, 4.69) is 20.7 Å². The van der Waals surface area contributed by atoms with Gasteiger partial charge in [0.2, 0.25) is 0 Å².